The van der Waals surface area contributed by atoms with Crippen molar-refractivity contribution in [3.05, 3.63) is 11.6 Å². The predicted octanol–water partition coefficient (Wildman–Crippen LogP) is 1.71. The standard InChI is InChI=1S/C4H5Br/c5-3-4-1-2-4/h1H,2-3H2. The Balaban J connectivity index is 2.22. The van der Waals surface area contributed by atoms with E-state index in [2.05, 4.69) is 22.0 Å². The maximum absolute atomic E-state index is 3.31. The Morgan fingerprint density at radius 3 is 2.60 bits per heavy atom. The highest BCUT2D eigenvalue weighted by Crippen LogP contribution is 2.19. The maximum Gasteiger partial charge on any atom is 0.0245 e. The molecule has 0 aromatic rings. The summed E-state index contributed by atoms with van der Waals surface area (Å²) in [6, 6.07) is 0. The molecule has 1 aliphatic carbocycles. The molecular weight excluding hydrogens is 128 g/mol. The lowest BCUT2D eigenvalue weighted by Crippen LogP contribution is -1.54. The summed E-state index contributed by atoms with van der Waals surface area (Å²) < 4.78 is 0. The van der Waals surface area contributed by atoms with Crippen molar-refractivity contribution in [1.82, 2.24) is 0 Å². The Hall–Kier alpha value is 0.220. The molecule has 0 nitrogen and oxygen atoms in total. The molecule has 0 heterocycles. The molecule has 0 amide bonds. The van der Waals surface area contributed by atoms with Crippen molar-refractivity contribution in [2.45, 2.75) is 6.42 Å². The first kappa shape index (κ1) is 3.41. The van der Waals surface area contributed by atoms with Gasteiger partial charge in [0.25, 0.3) is 0 Å². The van der Waals surface area contributed by atoms with Crippen LogP contribution >= 0.6 is 15.9 Å². The van der Waals surface area contributed by atoms with Gasteiger partial charge in [-0.05, 0) is 6.42 Å². The summed E-state index contributed by atoms with van der Waals surface area (Å²) >= 11 is 3.31. The number of alkyl halides is 1. The molecule has 0 saturated heterocycles. The van der Waals surface area contributed by atoms with Gasteiger partial charge >= 0.3 is 0 Å². The zero-order valence-corrected chi connectivity index (χ0v) is 4.46. The fourth-order valence-corrected chi connectivity index (χ4v) is 0.639. The lowest BCUT2D eigenvalue weighted by molar-refractivity contribution is 1.51. The second kappa shape index (κ2) is 1.13. The molecule has 0 aromatic carbocycles. The monoisotopic (exact) mass is 132 g/mol. The molecule has 0 fully saturated rings. The van der Waals surface area contributed by atoms with Crippen molar-refractivity contribution in [3.63, 3.8) is 0 Å². The predicted molar refractivity (Wildman–Crippen MR) is 26.5 cm³/mol. The van der Waals surface area contributed by atoms with Gasteiger partial charge in [0.1, 0.15) is 0 Å². The van der Waals surface area contributed by atoms with Crippen LogP contribution in [0.1, 0.15) is 6.42 Å². The van der Waals surface area contributed by atoms with Gasteiger partial charge in [0, 0.05) is 5.33 Å². The minimum absolute atomic E-state index is 1.09. The van der Waals surface area contributed by atoms with Crippen molar-refractivity contribution in [3.8, 4) is 0 Å². The minimum atomic E-state index is 1.09. The lowest BCUT2D eigenvalue weighted by Gasteiger charge is -1.65. The average molecular weight is 133 g/mol. The molecule has 0 unspecified atom stereocenters. The van der Waals surface area contributed by atoms with E-state index in [1.807, 2.05) is 0 Å². The van der Waals surface area contributed by atoms with Gasteiger partial charge < -0.3 is 0 Å². The van der Waals surface area contributed by atoms with Crippen molar-refractivity contribution >= 4 is 15.9 Å². The highest BCUT2D eigenvalue weighted by atomic mass is 79.9. The molecule has 0 radical (unpaired) electrons. The molecule has 28 valence electrons. The second-order valence-electron chi connectivity index (χ2n) is 1.20. The van der Waals surface area contributed by atoms with Crippen LogP contribution in [0.4, 0.5) is 0 Å². The van der Waals surface area contributed by atoms with Crippen LogP contribution in [0.25, 0.3) is 0 Å². The molecule has 0 spiro atoms. The number of rotatable bonds is 1. The number of hydrogen-bond acceptors (Lipinski definition) is 0. The molecule has 0 bridgehead atoms. The molecule has 1 rings (SSSR count). The van der Waals surface area contributed by atoms with E-state index in [-0.39, 0.29) is 0 Å². The van der Waals surface area contributed by atoms with Crippen LogP contribution in [0.3, 0.4) is 0 Å². The Kier molecular flexibility index (Phi) is 0.772. The molecule has 0 saturated carbocycles. The van der Waals surface area contributed by atoms with Crippen LogP contribution in [0.15, 0.2) is 11.6 Å². The smallest absolute Gasteiger partial charge is 0.0245 e. The molecular formula is C4H5Br. The summed E-state index contributed by atoms with van der Waals surface area (Å²) in [6.45, 7) is 0. The maximum atomic E-state index is 3.31. The number of halogens is 1. The average Bonchev–Trinajstić information content (AvgIpc) is 2.12. The van der Waals surface area contributed by atoms with E-state index in [0.717, 1.165) is 5.33 Å². The largest absolute Gasteiger partial charge is 0.0880 e. The highest BCUT2D eigenvalue weighted by molar-refractivity contribution is 9.09. The zero-order chi connectivity index (χ0) is 3.70. The molecule has 0 N–H and O–H groups in total. The molecule has 0 atom stereocenters. The lowest BCUT2D eigenvalue weighted by atomic mass is 10.6. The number of hydrogen-bond donors (Lipinski definition) is 0. The van der Waals surface area contributed by atoms with Gasteiger partial charge in [0.05, 0.1) is 0 Å². The summed E-state index contributed by atoms with van der Waals surface area (Å²) in [5.74, 6) is 0. The SMILES string of the molecule is BrCC1=CC1. The number of allylic oxidation sites excluding steroid dienone is 2. The van der Waals surface area contributed by atoms with Crippen molar-refractivity contribution in [1.29, 1.82) is 0 Å². The third-order valence-electron chi connectivity index (χ3n) is 0.664. The summed E-state index contributed by atoms with van der Waals surface area (Å²) in [5, 5.41) is 1.09. The van der Waals surface area contributed by atoms with Gasteiger partial charge in [0.15, 0.2) is 0 Å². The molecule has 0 aliphatic heterocycles. The Morgan fingerprint density at radius 1 is 2.00 bits per heavy atom. The van der Waals surface area contributed by atoms with Gasteiger partial charge in [-0.2, -0.15) is 0 Å². The van der Waals surface area contributed by atoms with Gasteiger partial charge in [-0.15, -0.1) is 0 Å². The molecule has 5 heavy (non-hydrogen) atoms. The summed E-state index contributed by atoms with van der Waals surface area (Å²) in [7, 11) is 0. The van der Waals surface area contributed by atoms with E-state index < -0.39 is 0 Å². The molecule has 1 aliphatic rings. The van der Waals surface area contributed by atoms with E-state index in [9.17, 15) is 0 Å². The van der Waals surface area contributed by atoms with E-state index in [1.165, 1.54) is 6.42 Å². The third kappa shape index (κ3) is 0.763. The second-order valence-corrected chi connectivity index (χ2v) is 1.76. The van der Waals surface area contributed by atoms with Crippen LogP contribution in [0.5, 0.6) is 0 Å². The quantitative estimate of drug-likeness (QED) is 0.377. The van der Waals surface area contributed by atoms with Crippen LogP contribution in [-0.4, -0.2) is 5.33 Å². The van der Waals surface area contributed by atoms with Crippen molar-refractivity contribution in [2.75, 3.05) is 5.33 Å². The van der Waals surface area contributed by atoms with Crippen LogP contribution in [0.2, 0.25) is 0 Å². The minimum Gasteiger partial charge on any atom is -0.0880 e. The topological polar surface area (TPSA) is 0 Å². The summed E-state index contributed by atoms with van der Waals surface area (Å²) in [5.41, 5.74) is 1.55. The van der Waals surface area contributed by atoms with E-state index in [1.54, 1.807) is 5.57 Å². The van der Waals surface area contributed by atoms with Crippen molar-refractivity contribution in [2.24, 2.45) is 0 Å². The highest BCUT2D eigenvalue weighted by Gasteiger charge is 2.01. The van der Waals surface area contributed by atoms with E-state index in [0.29, 0.717) is 0 Å². The third-order valence-corrected chi connectivity index (χ3v) is 1.38. The van der Waals surface area contributed by atoms with E-state index >= 15 is 0 Å². The van der Waals surface area contributed by atoms with Crippen LogP contribution in [0, 0.1) is 0 Å². The summed E-state index contributed by atoms with van der Waals surface area (Å²) in [6.07, 6.45) is 3.47. The zero-order valence-electron chi connectivity index (χ0n) is 2.87. The fraction of sp³-hybridized carbons (Fsp3) is 0.500. The first-order chi connectivity index (χ1) is 2.43. The van der Waals surface area contributed by atoms with Gasteiger partial charge in [0.2, 0.25) is 0 Å². The summed E-state index contributed by atoms with van der Waals surface area (Å²) in [4.78, 5) is 0. The Morgan fingerprint density at radius 2 is 2.60 bits per heavy atom. The Labute approximate surface area is 40.0 Å². The first-order valence-corrected chi connectivity index (χ1v) is 2.79. The van der Waals surface area contributed by atoms with Crippen molar-refractivity contribution < 1.29 is 0 Å². The molecule has 0 aromatic heterocycles. The van der Waals surface area contributed by atoms with Crippen LogP contribution in [-0.2, 0) is 0 Å². The Bertz CT molecular complexity index is 64.0. The first-order valence-electron chi connectivity index (χ1n) is 1.67. The van der Waals surface area contributed by atoms with Gasteiger partial charge in [-0.1, -0.05) is 27.6 Å². The fourth-order valence-electron chi connectivity index (χ4n) is 0.181. The van der Waals surface area contributed by atoms with Crippen LogP contribution < -0.4 is 0 Å². The molecule has 1 heteroatoms. The van der Waals surface area contributed by atoms with E-state index in [4.69, 9.17) is 0 Å². The van der Waals surface area contributed by atoms with Gasteiger partial charge in [-0.3, -0.25) is 0 Å². The normalized spacial score (nSPS) is 18.2. The van der Waals surface area contributed by atoms with Gasteiger partial charge in [-0.25, -0.2) is 0 Å².